The Morgan fingerprint density at radius 1 is 1.24 bits per heavy atom. The first-order chi connectivity index (χ1) is 13.8. The summed E-state index contributed by atoms with van der Waals surface area (Å²) in [6.45, 7) is 7.05. The van der Waals surface area contributed by atoms with Crippen molar-refractivity contribution in [2.45, 2.75) is 78.3 Å². The highest BCUT2D eigenvalue weighted by molar-refractivity contribution is 5.82. The highest BCUT2D eigenvalue weighted by Gasteiger charge is 2.26. The molecule has 0 aliphatic heterocycles. The van der Waals surface area contributed by atoms with Crippen LogP contribution < -0.4 is 21.9 Å². The van der Waals surface area contributed by atoms with Crippen LogP contribution in [0.3, 0.4) is 0 Å². The van der Waals surface area contributed by atoms with Gasteiger partial charge in [0.25, 0.3) is 5.56 Å². The van der Waals surface area contributed by atoms with Gasteiger partial charge in [-0.05, 0) is 25.2 Å². The first kappa shape index (κ1) is 23.0. The number of nitrogens with one attached hydrogen (secondary N) is 1. The molecule has 0 atom stereocenters. The van der Waals surface area contributed by atoms with Gasteiger partial charge in [-0.3, -0.25) is 19.1 Å². The van der Waals surface area contributed by atoms with Gasteiger partial charge in [0, 0.05) is 26.2 Å². The average molecular weight is 408 g/mol. The first-order valence-corrected chi connectivity index (χ1v) is 10.9. The van der Waals surface area contributed by atoms with Crippen LogP contribution >= 0.6 is 0 Å². The monoisotopic (exact) mass is 407 g/mol. The molecule has 1 aromatic rings. The minimum atomic E-state index is -0.531. The standard InChI is InChI=1S/C21H37N5O3/c1-5-6-12-25(14-17(27)24(4)16-10-8-7-9-11-16)18-19(22)26(13-15(2)3)21(29)23-20(18)28/h15-16H,5-14,22H2,1-4H3,(H,23,28,29). The van der Waals surface area contributed by atoms with Crippen molar-refractivity contribution in [2.75, 3.05) is 30.8 Å². The van der Waals surface area contributed by atoms with E-state index in [1.165, 1.54) is 11.0 Å². The molecule has 8 heteroatoms. The van der Waals surface area contributed by atoms with Crippen molar-refractivity contribution < 1.29 is 4.79 Å². The highest BCUT2D eigenvalue weighted by atomic mass is 16.2. The van der Waals surface area contributed by atoms with Gasteiger partial charge in [-0.25, -0.2) is 4.79 Å². The lowest BCUT2D eigenvalue weighted by atomic mass is 9.94. The lowest BCUT2D eigenvalue weighted by molar-refractivity contribution is -0.131. The summed E-state index contributed by atoms with van der Waals surface area (Å²) in [5.74, 6) is 0.307. The molecular formula is C21H37N5O3. The van der Waals surface area contributed by atoms with Gasteiger partial charge in [0.05, 0.1) is 6.54 Å². The largest absolute Gasteiger partial charge is 0.383 e. The Bertz CT molecular complexity index is 792. The number of nitrogen functional groups attached to an aromatic ring is 1. The summed E-state index contributed by atoms with van der Waals surface area (Å²) in [5, 5.41) is 0. The molecule has 29 heavy (non-hydrogen) atoms. The molecule has 0 saturated heterocycles. The van der Waals surface area contributed by atoms with Crippen molar-refractivity contribution in [3.05, 3.63) is 20.8 Å². The number of rotatable bonds is 9. The summed E-state index contributed by atoms with van der Waals surface area (Å²) in [6.07, 6.45) is 7.32. The van der Waals surface area contributed by atoms with Crippen LogP contribution in [-0.4, -0.2) is 46.5 Å². The van der Waals surface area contributed by atoms with E-state index in [1.54, 1.807) is 4.90 Å². The number of hydrogen-bond acceptors (Lipinski definition) is 5. The van der Waals surface area contributed by atoms with E-state index in [4.69, 9.17) is 5.73 Å². The molecule has 1 aliphatic rings. The molecule has 0 bridgehead atoms. The van der Waals surface area contributed by atoms with Crippen molar-refractivity contribution in [2.24, 2.45) is 5.92 Å². The predicted octanol–water partition coefficient (Wildman–Crippen LogP) is 2.17. The molecule has 1 fully saturated rings. The van der Waals surface area contributed by atoms with E-state index in [-0.39, 0.29) is 35.9 Å². The number of carbonyl (C=O) groups excluding carboxylic acids is 1. The van der Waals surface area contributed by atoms with Crippen LogP contribution in [0, 0.1) is 5.92 Å². The van der Waals surface area contributed by atoms with Crippen molar-refractivity contribution in [1.29, 1.82) is 0 Å². The smallest absolute Gasteiger partial charge is 0.330 e. The van der Waals surface area contributed by atoms with Crippen LogP contribution in [0.1, 0.15) is 65.7 Å². The van der Waals surface area contributed by atoms with Crippen LogP contribution in [0.25, 0.3) is 0 Å². The molecule has 1 heterocycles. The highest BCUT2D eigenvalue weighted by Crippen LogP contribution is 2.23. The third-order valence-corrected chi connectivity index (χ3v) is 5.70. The van der Waals surface area contributed by atoms with E-state index in [0.29, 0.717) is 13.1 Å². The third kappa shape index (κ3) is 5.87. The number of unbranched alkanes of at least 4 members (excludes halogenated alkanes) is 1. The molecule has 1 aromatic heterocycles. The van der Waals surface area contributed by atoms with Crippen LogP contribution in [0.4, 0.5) is 11.5 Å². The SMILES string of the molecule is CCCCN(CC(=O)N(C)C1CCCCC1)c1c(N)n(CC(C)C)c(=O)[nH]c1=O. The molecule has 1 saturated carbocycles. The molecule has 0 unspecified atom stereocenters. The number of hydrogen-bond donors (Lipinski definition) is 2. The van der Waals surface area contributed by atoms with E-state index in [1.807, 2.05) is 25.8 Å². The van der Waals surface area contributed by atoms with Crippen molar-refractivity contribution in [1.82, 2.24) is 14.5 Å². The second kappa shape index (κ2) is 10.5. The van der Waals surface area contributed by atoms with Gasteiger partial charge in [-0.1, -0.05) is 46.5 Å². The number of nitrogens with two attached hydrogens (primary N) is 1. The van der Waals surface area contributed by atoms with Gasteiger partial charge in [0.15, 0.2) is 0 Å². The Hall–Kier alpha value is -2.25. The topological polar surface area (TPSA) is 104 Å². The molecule has 1 aliphatic carbocycles. The fourth-order valence-electron chi connectivity index (χ4n) is 4.00. The van der Waals surface area contributed by atoms with E-state index in [2.05, 4.69) is 11.9 Å². The number of aromatic nitrogens is 2. The Morgan fingerprint density at radius 2 is 1.90 bits per heavy atom. The Kier molecular flexibility index (Phi) is 8.34. The minimum absolute atomic E-state index is 0.0200. The molecule has 0 radical (unpaired) electrons. The van der Waals surface area contributed by atoms with Crippen molar-refractivity contribution in [3.8, 4) is 0 Å². The van der Waals surface area contributed by atoms with E-state index >= 15 is 0 Å². The number of likely N-dealkylation sites (N-methyl/N-ethyl adjacent to an activating group) is 1. The predicted molar refractivity (Wildman–Crippen MR) is 117 cm³/mol. The quantitative estimate of drug-likeness (QED) is 0.653. The summed E-state index contributed by atoms with van der Waals surface area (Å²) < 4.78 is 1.40. The number of amides is 1. The zero-order valence-electron chi connectivity index (χ0n) is 18.4. The van der Waals surface area contributed by atoms with Crippen LogP contribution in [-0.2, 0) is 11.3 Å². The fraction of sp³-hybridized carbons (Fsp3) is 0.762. The Morgan fingerprint density at radius 3 is 2.48 bits per heavy atom. The van der Waals surface area contributed by atoms with Gasteiger partial charge in [-0.2, -0.15) is 0 Å². The van der Waals surface area contributed by atoms with Crippen LogP contribution in [0.15, 0.2) is 9.59 Å². The first-order valence-electron chi connectivity index (χ1n) is 10.9. The van der Waals surface area contributed by atoms with E-state index < -0.39 is 11.2 Å². The molecule has 8 nitrogen and oxygen atoms in total. The number of nitrogens with zero attached hydrogens (tertiary/aromatic N) is 3. The lowest BCUT2D eigenvalue weighted by Gasteiger charge is -2.33. The van der Waals surface area contributed by atoms with Crippen LogP contribution in [0.2, 0.25) is 0 Å². The molecule has 2 rings (SSSR count). The maximum Gasteiger partial charge on any atom is 0.330 e. The van der Waals surface area contributed by atoms with Crippen molar-refractivity contribution >= 4 is 17.4 Å². The van der Waals surface area contributed by atoms with Gasteiger partial charge >= 0.3 is 5.69 Å². The maximum atomic E-state index is 13.0. The molecule has 1 amide bonds. The summed E-state index contributed by atoms with van der Waals surface area (Å²) in [4.78, 5) is 43.9. The number of aromatic amines is 1. The number of H-pyrrole nitrogens is 1. The van der Waals surface area contributed by atoms with Gasteiger partial charge in [0.1, 0.15) is 11.5 Å². The molecule has 3 N–H and O–H groups in total. The van der Waals surface area contributed by atoms with E-state index in [9.17, 15) is 14.4 Å². The Balaban J connectivity index is 2.33. The van der Waals surface area contributed by atoms with Gasteiger partial charge in [0.2, 0.25) is 5.91 Å². The number of carbonyl (C=O) groups is 1. The average Bonchev–Trinajstić information content (AvgIpc) is 2.68. The zero-order valence-corrected chi connectivity index (χ0v) is 18.4. The normalized spacial score (nSPS) is 14.9. The van der Waals surface area contributed by atoms with E-state index in [0.717, 1.165) is 38.5 Å². The minimum Gasteiger partial charge on any atom is -0.383 e. The third-order valence-electron chi connectivity index (χ3n) is 5.70. The van der Waals surface area contributed by atoms with Gasteiger partial charge < -0.3 is 15.5 Å². The summed E-state index contributed by atoms with van der Waals surface area (Å²) >= 11 is 0. The molecule has 164 valence electrons. The van der Waals surface area contributed by atoms with Crippen LogP contribution in [0.5, 0.6) is 0 Å². The summed E-state index contributed by atoms with van der Waals surface area (Å²) in [5.41, 5.74) is 5.46. The molecular weight excluding hydrogens is 370 g/mol. The van der Waals surface area contributed by atoms with Crippen molar-refractivity contribution in [3.63, 3.8) is 0 Å². The summed E-state index contributed by atoms with van der Waals surface area (Å²) in [7, 11) is 1.85. The molecule has 0 spiro atoms. The Labute approximate surface area is 173 Å². The lowest BCUT2D eigenvalue weighted by Crippen LogP contribution is -2.47. The second-order valence-electron chi connectivity index (χ2n) is 8.57. The second-order valence-corrected chi connectivity index (χ2v) is 8.57. The number of anilines is 2. The maximum absolute atomic E-state index is 13.0. The summed E-state index contributed by atoms with van der Waals surface area (Å²) in [6, 6.07) is 0.259. The zero-order chi connectivity index (χ0) is 21.6. The fourth-order valence-corrected chi connectivity index (χ4v) is 4.00. The molecule has 0 aromatic carbocycles. The van der Waals surface area contributed by atoms with Gasteiger partial charge in [-0.15, -0.1) is 0 Å².